The number of aliphatic hydroxyl groups excluding tert-OH is 6. The highest BCUT2D eigenvalue weighted by atomic mass is 32.3. The molecule has 0 bridgehead atoms. The summed E-state index contributed by atoms with van der Waals surface area (Å²) in [5.74, 6) is 0. The first kappa shape index (κ1) is 32.5. The Bertz CT molecular complexity index is 818. The Labute approximate surface area is 212 Å². The third kappa shape index (κ3) is 8.16. The van der Waals surface area contributed by atoms with Gasteiger partial charge in [0.25, 0.3) is 0 Å². The van der Waals surface area contributed by atoms with Crippen molar-refractivity contribution in [2.75, 3.05) is 6.54 Å². The molecule has 0 radical (unpaired) electrons. The maximum absolute atomic E-state index is 10.7. The van der Waals surface area contributed by atoms with Crippen molar-refractivity contribution in [2.45, 2.75) is 105 Å². The van der Waals surface area contributed by atoms with Gasteiger partial charge in [-0.25, -0.2) is 0 Å². The van der Waals surface area contributed by atoms with Gasteiger partial charge in [0.15, 0.2) is 12.6 Å². The lowest BCUT2D eigenvalue weighted by Crippen LogP contribution is -2.68. The molecule has 2 saturated heterocycles. The molecular weight excluding hydrogens is 528 g/mol. The topological polar surface area (TPSA) is 337 Å². The zero-order chi connectivity index (χ0) is 28.4. The van der Waals surface area contributed by atoms with E-state index in [1.165, 1.54) is 6.92 Å². The molecular formula is C18H38N4O14S. The average molecular weight is 567 g/mol. The van der Waals surface area contributed by atoms with Gasteiger partial charge in [-0.1, -0.05) is 0 Å². The van der Waals surface area contributed by atoms with Crippen LogP contribution >= 0.6 is 0 Å². The Kier molecular flexibility index (Phi) is 11.5. The molecule has 0 amide bonds. The molecule has 3 fully saturated rings. The van der Waals surface area contributed by atoms with E-state index in [-0.39, 0.29) is 13.0 Å². The van der Waals surface area contributed by atoms with Gasteiger partial charge in [0.2, 0.25) is 0 Å². The van der Waals surface area contributed by atoms with Gasteiger partial charge in [0.05, 0.1) is 18.2 Å². The van der Waals surface area contributed by atoms with E-state index in [4.69, 9.17) is 59.4 Å². The van der Waals surface area contributed by atoms with Crippen molar-refractivity contribution < 1.29 is 67.1 Å². The fraction of sp³-hybridized carbons (Fsp3) is 1.00. The normalized spacial score (nSPS) is 47.7. The summed E-state index contributed by atoms with van der Waals surface area (Å²) in [6.07, 6.45) is -15.1. The Morgan fingerprint density at radius 1 is 0.838 bits per heavy atom. The molecule has 0 aromatic carbocycles. The van der Waals surface area contributed by atoms with Gasteiger partial charge in [-0.05, 0) is 13.3 Å². The fourth-order valence-electron chi connectivity index (χ4n) is 4.37. The summed E-state index contributed by atoms with van der Waals surface area (Å²) >= 11 is 0. The quantitative estimate of drug-likeness (QED) is 0.133. The van der Waals surface area contributed by atoms with E-state index < -0.39 is 102 Å². The monoisotopic (exact) mass is 566 g/mol. The second-order valence-corrected chi connectivity index (χ2v) is 10.1. The molecule has 1 saturated carbocycles. The minimum Gasteiger partial charge on any atom is -0.391 e. The molecule has 3 aliphatic rings. The Hall–Kier alpha value is -0.690. The molecule has 2 heterocycles. The zero-order valence-corrected chi connectivity index (χ0v) is 20.6. The molecule has 0 unspecified atom stereocenters. The highest BCUT2D eigenvalue weighted by Crippen LogP contribution is 2.32. The van der Waals surface area contributed by atoms with E-state index in [1.807, 2.05) is 0 Å². The molecule has 2 aliphatic heterocycles. The van der Waals surface area contributed by atoms with Crippen LogP contribution < -0.4 is 22.9 Å². The molecule has 19 heteroatoms. The van der Waals surface area contributed by atoms with Crippen LogP contribution in [0, 0.1) is 0 Å². The van der Waals surface area contributed by atoms with Crippen LogP contribution in [0.3, 0.4) is 0 Å². The van der Waals surface area contributed by atoms with Crippen molar-refractivity contribution in [1.29, 1.82) is 0 Å². The molecule has 0 aromatic heterocycles. The van der Waals surface area contributed by atoms with Gasteiger partial charge < -0.3 is 72.5 Å². The number of hydrogen-bond acceptors (Lipinski definition) is 16. The van der Waals surface area contributed by atoms with Crippen molar-refractivity contribution in [2.24, 2.45) is 22.9 Å². The first-order valence-electron chi connectivity index (χ1n) is 11.3. The standard InChI is InChI=1S/C18H36N4O10.H2O4S/c1-4(23)14-12(27)11(26)8(22)17(30-14)31-15-6(21)2-5(20)9(24)16(15)32-18-13(28)10(25)7(3-19)29-18;1-5(2,3)4/h4-18,23-28H,2-3,19-22H2,1H3;(H2,1,2,3,4)/t4-,5-,6+,7-,8-,9+,10-,11-,12+,13-,14-,15-,16-,17-,18+;/m1./s1. The summed E-state index contributed by atoms with van der Waals surface area (Å²) in [6, 6.07) is -2.78. The number of ether oxygens (including phenoxy) is 4. The zero-order valence-electron chi connectivity index (χ0n) is 19.8. The van der Waals surface area contributed by atoms with E-state index in [2.05, 4.69) is 0 Å². The van der Waals surface area contributed by atoms with Gasteiger partial charge in [0.1, 0.15) is 48.8 Å². The molecule has 1 aliphatic carbocycles. The van der Waals surface area contributed by atoms with Crippen LogP contribution in [0.2, 0.25) is 0 Å². The number of nitrogens with two attached hydrogens (primary N) is 4. The van der Waals surface area contributed by atoms with Crippen molar-refractivity contribution >= 4 is 10.4 Å². The van der Waals surface area contributed by atoms with E-state index >= 15 is 0 Å². The first-order chi connectivity index (χ1) is 17.0. The summed E-state index contributed by atoms with van der Waals surface area (Å²) < 4.78 is 54.2. The molecule has 37 heavy (non-hydrogen) atoms. The van der Waals surface area contributed by atoms with Crippen LogP contribution in [-0.4, -0.2) is 146 Å². The van der Waals surface area contributed by atoms with E-state index in [0.29, 0.717) is 0 Å². The van der Waals surface area contributed by atoms with Gasteiger partial charge in [-0.15, -0.1) is 0 Å². The molecule has 18 nitrogen and oxygen atoms in total. The van der Waals surface area contributed by atoms with E-state index in [0.717, 1.165) is 0 Å². The lowest BCUT2D eigenvalue weighted by molar-refractivity contribution is -0.315. The van der Waals surface area contributed by atoms with Crippen LogP contribution in [0.15, 0.2) is 0 Å². The van der Waals surface area contributed by atoms with Crippen LogP contribution in [-0.2, 0) is 29.3 Å². The van der Waals surface area contributed by atoms with E-state index in [9.17, 15) is 30.6 Å². The number of rotatable bonds is 6. The Morgan fingerprint density at radius 3 is 1.86 bits per heavy atom. The largest absolute Gasteiger partial charge is 0.394 e. The lowest BCUT2D eigenvalue weighted by Gasteiger charge is -2.47. The summed E-state index contributed by atoms with van der Waals surface area (Å²) in [6.45, 7) is 1.30. The van der Waals surface area contributed by atoms with Gasteiger partial charge in [-0.3, -0.25) is 9.11 Å². The fourth-order valence-corrected chi connectivity index (χ4v) is 4.37. The SMILES string of the molecule is C[C@@H](O)[C@H]1O[C@H](O[C@H]2[C@H](O[C@@H]3O[C@H](CN)[C@@H](O)[C@H]3O)[C@@H](O)[C@H](N)C[C@@H]2N)[C@H](N)[C@@H](O)[C@@H]1O.O=S(=O)(O)O. The van der Waals surface area contributed by atoms with Gasteiger partial charge in [-0.2, -0.15) is 8.42 Å². The maximum atomic E-state index is 10.7. The Morgan fingerprint density at radius 2 is 1.38 bits per heavy atom. The Balaban J connectivity index is 0.000000877. The molecule has 3 rings (SSSR count). The highest BCUT2D eigenvalue weighted by Gasteiger charge is 2.52. The van der Waals surface area contributed by atoms with Crippen molar-refractivity contribution in [1.82, 2.24) is 0 Å². The minimum absolute atomic E-state index is 0.0734. The smallest absolute Gasteiger partial charge is 0.391 e. The highest BCUT2D eigenvalue weighted by molar-refractivity contribution is 7.79. The summed E-state index contributed by atoms with van der Waals surface area (Å²) in [7, 11) is -4.67. The first-order valence-corrected chi connectivity index (χ1v) is 12.7. The predicted molar refractivity (Wildman–Crippen MR) is 121 cm³/mol. The molecule has 220 valence electrons. The van der Waals surface area contributed by atoms with Crippen molar-refractivity contribution in [3.05, 3.63) is 0 Å². The summed E-state index contributed by atoms with van der Waals surface area (Å²) in [4.78, 5) is 0. The summed E-state index contributed by atoms with van der Waals surface area (Å²) in [5.41, 5.74) is 23.7. The van der Waals surface area contributed by atoms with E-state index in [1.54, 1.807) is 0 Å². The van der Waals surface area contributed by atoms with Crippen molar-refractivity contribution in [3.8, 4) is 0 Å². The molecule has 0 aromatic rings. The average Bonchev–Trinajstić information content (AvgIpc) is 3.06. The molecule has 16 N–H and O–H groups in total. The van der Waals surface area contributed by atoms with Gasteiger partial charge >= 0.3 is 10.4 Å². The van der Waals surface area contributed by atoms with Crippen LogP contribution in [0.4, 0.5) is 0 Å². The van der Waals surface area contributed by atoms with Crippen LogP contribution in [0.5, 0.6) is 0 Å². The van der Waals surface area contributed by atoms with Crippen LogP contribution in [0.1, 0.15) is 13.3 Å². The van der Waals surface area contributed by atoms with Gasteiger partial charge in [0, 0.05) is 18.6 Å². The van der Waals surface area contributed by atoms with Crippen molar-refractivity contribution in [3.63, 3.8) is 0 Å². The summed E-state index contributed by atoms with van der Waals surface area (Å²) in [5, 5.41) is 61.2. The second-order valence-electron chi connectivity index (χ2n) is 9.23. The molecule has 0 spiro atoms. The second kappa shape index (κ2) is 13.1. The number of aliphatic hydroxyl groups is 6. The maximum Gasteiger partial charge on any atom is 0.394 e. The third-order valence-electron chi connectivity index (χ3n) is 6.36. The number of hydrogen-bond donors (Lipinski definition) is 12. The van der Waals surface area contributed by atoms with Crippen LogP contribution in [0.25, 0.3) is 0 Å². The minimum atomic E-state index is -4.67. The predicted octanol–water partition coefficient (Wildman–Crippen LogP) is -6.92. The lowest BCUT2D eigenvalue weighted by atomic mass is 9.84. The molecule has 15 atom stereocenters. The third-order valence-corrected chi connectivity index (χ3v) is 6.36.